The van der Waals surface area contributed by atoms with Gasteiger partial charge in [0.15, 0.2) is 0 Å². The van der Waals surface area contributed by atoms with Crippen molar-refractivity contribution in [2.75, 3.05) is 0 Å². The number of hydrogen-bond donors (Lipinski definition) is 0. The third-order valence-corrected chi connectivity index (χ3v) is 6.83. The van der Waals surface area contributed by atoms with Crippen molar-refractivity contribution >= 4 is 0 Å². The number of unbranched alkanes of at least 4 members (excludes halogenated alkanes) is 3. The van der Waals surface area contributed by atoms with E-state index >= 15 is 0 Å². The van der Waals surface area contributed by atoms with Crippen molar-refractivity contribution in [2.24, 2.45) is 23.2 Å². The number of allylic oxidation sites excluding steroid dienone is 2. The predicted octanol–water partition coefficient (Wildman–Crippen LogP) is 7.43. The lowest BCUT2D eigenvalue weighted by atomic mass is 9.64. The van der Waals surface area contributed by atoms with E-state index < -0.39 is 0 Å². The fourth-order valence-corrected chi connectivity index (χ4v) is 5.01. The van der Waals surface area contributed by atoms with Gasteiger partial charge in [-0.05, 0) is 62.7 Å². The highest BCUT2D eigenvalue weighted by atomic mass is 14.4. The summed E-state index contributed by atoms with van der Waals surface area (Å²) in [6, 6.07) is 2.66. The van der Waals surface area contributed by atoms with E-state index in [0.717, 1.165) is 37.0 Å². The van der Waals surface area contributed by atoms with E-state index in [1.807, 2.05) is 0 Å². The Kier molecular flexibility index (Phi) is 8.37. The maximum atomic E-state index is 9.71. The van der Waals surface area contributed by atoms with E-state index in [2.05, 4.69) is 32.1 Å². The SMILES string of the molecule is CCCC/C=C\C1(C#N)CCC(C2CCC(CCCC)CC2)CC1. The van der Waals surface area contributed by atoms with Crippen LogP contribution < -0.4 is 0 Å². The van der Waals surface area contributed by atoms with E-state index in [9.17, 15) is 5.26 Å². The third kappa shape index (κ3) is 5.65. The molecule has 0 heterocycles. The largest absolute Gasteiger partial charge is 0.197 e. The van der Waals surface area contributed by atoms with Crippen LogP contribution in [0.5, 0.6) is 0 Å². The van der Waals surface area contributed by atoms with Crippen LogP contribution in [-0.2, 0) is 0 Å². The summed E-state index contributed by atoms with van der Waals surface area (Å²) in [7, 11) is 0. The normalized spacial score (nSPS) is 34.3. The van der Waals surface area contributed by atoms with E-state index in [1.165, 1.54) is 70.6 Å². The molecule has 0 spiro atoms. The minimum Gasteiger partial charge on any atom is -0.197 e. The van der Waals surface area contributed by atoms with Crippen LogP contribution in [0.1, 0.15) is 104 Å². The molecular formula is C23H39N. The third-order valence-electron chi connectivity index (χ3n) is 6.83. The zero-order valence-electron chi connectivity index (χ0n) is 16.2. The molecule has 0 aromatic rings. The van der Waals surface area contributed by atoms with Crippen LogP contribution in [0.2, 0.25) is 0 Å². The summed E-state index contributed by atoms with van der Waals surface area (Å²) in [5.74, 6) is 2.88. The van der Waals surface area contributed by atoms with Crippen molar-refractivity contribution in [2.45, 2.75) is 104 Å². The van der Waals surface area contributed by atoms with Crippen molar-refractivity contribution in [1.29, 1.82) is 5.26 Å². The van der Waals surface area contributed by atoms with Gasteiger partial charge in [0.2, 0.25) is 0 Å². The number of hydrogen-bond acceptors (Lipinski definition) is 1. The highest BCUT2D eigenvalue weighted by Crippen LogP contribution is 2.46. The second kappa shape index (κ2) is 10.3. The van der Waals surface area contributed by atoms with Crippen LogP contribution in [0.4, 0.5) is 0 Å². The zero-order chi connectivity index (χ0) is 17.3. The molecule has 2 rings (SSSR count). The maximum Gasteiger partial charge on any atom is 0.0753 e. The molecule has 0 bridgehead atoms. The summed E-state index contributed by atoms with van der Waals surface area (Å²) < 4.78 is 0. The van der Waals surface area contributed by atoms with E-state index in [-0.39, 0.29) is 5.41 Å². The van der Waals surface area contributed by atoms with Crippen molar-refractivity contribution in [3.05, 3.63) is 12.2 Å². The van der Waals surface area contributed by atoms with Gasteiger partial charge in [0.25, 0.3) is 0 Å². The molecule has 24 heavy (non-hydrogen) atoms. The maximum absolute atomic E-state index is 9.71. The van der Waals surface area contributed by atoms with Gasteiger partial charge in [-0.15, -0.1) is 0 Å². The van der Waals surface area contributed by atoms with Gasteiger partial charge in [0, 0.05) is 0 Å². The minimum absolute atomic E-state index is 0.136. The molecule has 0 aromatic heterocycles. The highest BCUT2D eigenvalue weighted by molar-refractivity contribution is 5.14. The average Bonchev–Trinajstić information content (AvgIpc) is 2.64. The number of nitriles is 1. The lowest BCUT2D eigenvalue weighted by molar-refractivity contribution is 0.136. The van der Waals surface area contributed by atoms with Crippen LogP contribution in [-0.4, -0.2) is 0 Å². The molecule has 136 valence electrons. The van der Waals surface area contributed by atoms with E-state index in [1.54, 1.807) is 0 Å². The molecule has 1 heteroatoms. The topological polar surface area (TPSA) is 23.8 Å². The molecule has 0 aromatic carbocycles. The molecule has 2 aliphatic rings. The van der Waals surface area contributed by atoms with E-state index in [4.69, 9.17) is 0 Å². The Hall–Kier alpha value is -0.770. The molecule has 0 amide bonds. The van der Waals surface area contributed by atoms with Gasteiger partial charge in [0.05, 0.1) is 11.5 Å². The second-order valence-corrected chi connectivity index (χ2v) is 8.57. The molecule has 0 saturated heterocycles. The molecule has 0 atom stereocenters. The van der Waals surface area contributed by atoms with Crippen LogP contribution in [0, 0.1) is 34.5 Å². The molecule has 0 radical (unpaired) electrons. The summed E-state index contributed by atoms with van der Waals surface area (Å²) in [4.78, 5) is 0. The fourth-order valence-electron chi connectivity index (χ4n) is 5.01. The summed E-state index contributed by atoms with van der Waals surface area (Å²) in [6.45, 7) is 4.54. The molecule has 2 aliphatic carbocycles. The summed E-state index contributed by atoms with van der Waals surface area (Å²) >= 11 is 0. The number of nitrogens with zero attached hydrogens (tertiary/aromatic N) is 1. The summed E-state index contributed by atoms with van der Waals surface area (Å²) in [5.41, 5.74) is -0.136. The van der Waals surface area contributed by atoms with Crippen molar-refractivity contribution < 1.29 is 0 Å². The highest BCUT2D eigenvalue weighted by Gasteiger charge is 2.37. The Morgan fingerprint density at radius 2 is 1.54 bits per heavy atom. The molecule has 0 aliphatic heterocycles. The number of rotatable bonds is 8. The molecule has 1 nitrogen and oxygen atoms in total. The first-order valence-electron chi connectivity index (χ1n) is 10.8. The first-order valence-corrected chi connectivity index (χ1v) is 10.8. The van der Waals surface area contributed by atoms with Crippen molar-refractivity contribution in [1.82, 2.24) is 0 Å². The Morgan fingerprint density at radius 1 is 0.917 bits per heavy atom. The molecular weight excluding hydrogens is 290 g/mol. The van der Waals surface area contributed by atoms with Gasteiger partial charge >= 0.3 is 0 Å². The Morgan fingerprint density at radius 3 is 2.12 bits per heavy atom. The summed E-state index contributed by atoms with van der Waals surface area (Å²) in [6.07, 6.45) is 23.1. The fraction of sp³-hybridized carbons (Fsp3) is 0.870. The van der Waals surface area contributed by atoms with Crippen molar-refractivity contribution in [3.8, 4) is 6.07 Å². The lowest BCUT2D eigenvalue weighted by Gasteiger charge is -2.39. The van der Waals surface area contributed by atoms with Crippen LogP contribution in [0.3, 0.4) is 0 Å². The van der Waals surface area contributed by atoms with Gasteiger partial charge in [-0.25, -0.2) is 0 Å². The smallest absolute Gasteiger partial charge is 0.0753 e. The molecule has 0 unspecified atom stereocenters. The first-order chi connectivity index (χ1) is 11.7. The minimum atomic E-state index is -0.136. The van der Waals surface area contributed by atoms with Gasteiger partial charge in [-0.1, -0.05) is 70.9 Å². The molecule has 2 saturated carbocycles. The average molecular weight is 330 g/mol. The molecule has 2 fully saturated rings. The Labute approximate surface area is 150 Å². The van der Waals surface area contributed by atoms with Crippen LogP contribution >= 0.6 is 0 Å². The zero-order valence-corrected chi connectivity index (χ0v) is 16.2. The van der Waals surface area contributed by atoms with Crippen LogP contribution in [0.15, 0.2) is 12.2 Å². The van der Waals surface area contributed by atoms with Crippen molar-refractivity contribution in [3.63, 3.8) is 0 Å². The van der Waals surface area contributed by atoms with Gasteiger partial charge < -0.3 is 0 Å². The Bertz CT molecular complexity index is 400. The standard InChI is InChI=1S/C23H39N/c1-3-5-7-8-16-23(19-24)17-14-22(15-18-23)21-12-10-20(11-13-21)9-6-4-2/h8,16,20-22H,3-7,9-15,17-18H2,1-2H3/b16-8-. The predicted molar refractivity (Wildman–Crippen MR) is 104 cm³/mol. The lowest BCUT2D eigenvalue weighted by Crippen LogP contribution is -2.30. The van der Waals surface area contributed by atoms with Gasteiger partial charge in [-0.2, -0.15) is 5.26 Å². The second-order valence-electron chi connectivity index (χ2n) is 8.57. The van der Waals surface area contributed by atoms with Crippen LogP contribution in [0.25, 0.3) is 0 Å². The van der Waals surface area contributed by atoms with Gasteiger partial charge in [0.1, 0.15) is 0 Å². The van der Waals surface area contributed by atoms with Gasteiger partial charge in [-0.3, -0.25) is 0 Å². The monoisotopic (exact) mass is 329 g/mol. The Balaban J connectivity index is 1.76. The van der Waals surface area contributed by atoms with E-state index in [0.29, 0.717) is 0 Å². The first kappa shape index (κ1) is 19.6. The quantitative estimate of drug-likeness (QED) is 0.335. The molecule has 0 N–H and O–H groups in total. The summed E-state index contributed by atoms with van der Waals surface area (Å²) in [5, 5.41) is 9.71.